The molecule has 0 radical (unpaired) electrons. The Labute approximate surface area is 248 Å². The largest absolute Gasteiger partial charge is 0.0985 e. The van der Waals surface area contributed by atoms with Gasteiger partial charge in [-0.05, 0) is 80.6 Å². The molecule has 5 rings (SSSR count). The van der Waals surface area contributed by atoms with Gasteiger partial charge >= 0.3 is 0 Å². The molecule has 0 atom stereocenters. The fraction of sp³-hybridized carbons (Fsp3) is 0.317. The van der Waals surface area contributed by atoms with Crippen LogP contribution < -0.4 is 0 Å². The Balaban J connectivity index is 1.64. The third kappa shape index (κ3) is 6.03. The number of hydrogen-bond donors (Lipinski definition) is 0. The van der Waals surface area contributed by atoms with Crippen molar-refractivity contribution < 1.29 is 0 Å². The average Bonchev–Trinajstić information content (AvgIpc) is 3.30. The Morgan fingerprint density at radius 2 is 0.878 bits per heavy atom. The highest BCUT2D eigenvalue weighted by Gasteiger charge is 2.42. The quantitative estimate of drug-likeness (QED) is 0.140. The minimum atomic E-state index is 0.0558. The second-order valence-electron chi connectivity index (χ2n) is 11.9. The van der Waals surface area contributed by atoms with Gasteiger partial charge in [0.05, 0.1) is 0 Å². The van der Waals surface area contributed by atoms with Crippen LogP contribution in [0.25, 0.3) is 45.5 Å². The Kier molecular flexibility index (Phi) is 9.40. The van der Waals surface area contributed by atoms with Crippen molar-refractivity contribution in [2.24, 2.45) is 0 Å². The van der Waals surface area contributed by atoms with Gasteiger partial charge in [-0.15, -0.1) is 0 Å². The minimum absolute atomic E-state index is 0.0558. The second kappa shape index (κ2) is 13.3. The van der Waals surface area contributed by atoms with E-state index in [1.165, 1.54) is 97.6 Å². The van der Waals surface area contributed by atoms with Crippen molar-refractivity contribution in [1.29, 1.82) is 0 Å². The van der Waals surface area contributed by atoms with Crippen molar-refractivity contribution in [2.45, 2.75) is 83.5 Å². The highest BCUT2D eigenvalue weighted by Crippen LogP contribution is 2.55. The molecule has 0 spiro atoms. The Bertz CT molecular complexity index is 1350. The van der Waals surface area contributed by atoms with Crippen LogP contribution in [0.4, 0.5) is 0 Å². The normalized spacial score (nSPS) is 13.0. The highest BCUT2D eigenvalue weighted by atomic mass is 14.5. The Morgan fingerprint density at radius 1 is 0.488 bits per heavy atom. The van der Waals surface area contributed by atoms with Gasteiger partial charge in [0, 0.05) is 5.41 Å². The molecule has 0 nitrogen and oxygen atoms in total. The van der Waals surface area contributed by atoms with Crippen molar-refractivity contribution >= 4 is 12.2 Å². The summed E-state index contributed by atoms with van der Waals surface area (Å²) < 4.78 is 0. The lowest BCUT2D eigenvalue weighted by atomic mass is 9.70. The van der Waals surface area contributed by atoms with Gasteiger partial charge in [-0.1, -0.05) is 163 Å². The predicted octanol–water partition coefficient (Wildman–Crippen LogP) is 12.5. The molecule has 0 saturated heterocycles. The van der Waals surface area contributed by atoms with Gasteiger partial charge in [0.2, 0.25) is 0 Å². The number of unbranched alkanes of at least 4 members (excludes halogenated alkanes) is 6. The van der Waals surface area contributed by atoms with Crippen LogP contribution >= 0.6 is 0 Å². The van der Waals surface area contributed by atoms with Gasteiger partial charge in [-0.3, -0.25) is 0 Å². The maximum Gasteiger partial charge on any atom is 0.0215 e. The third-order valence-corrected chi connectivity index (χ3v) is 9.23. The molecule has 41 heavy (non-hydrogen) atoms. The summed E-state index contributed by atoms with van der Waals surface area (Å²) >= 11 is 0. The van der Waals surface area contributed by atoms with Crippen LogP contribution in [0.5, 0.6) is 0 Å². The molecule has 0 aromatic heterocycles. The first-order valence-corrected chi connectivity index (χ1v) is 15.9. The van der Waals surface area contributed by atoms with E-state index >= 15 is 0 Å². The zero-order chi connectivity index (χ0) is 28.7. The summed E-state index contributed by atoms with van der Waals surface area (Å²) in [4.78, 5) is 0. The molecule has 0 fully saturated rings. The smallest absolute Gasteiger partial charge is 0.0215 e. The molecule has 0 N–H and O–H groups in total. The molecule has 0 amide bonds. The second-order valence-corrected chi connectivity index (χ2v) is 11.9. The first-order valence-electron chi connectivity index (χ1n) is 15.9. The molecular formula is C41H46. The molecule has 0 saturated carbocycles. The molecular weight excluding hydrogens is 492 g/mol. The summed E-state index contributed by atoms with van der Waals surface area (Å²) in [5.41, 5.74) is 13.5. The van der Waals surface area contributed by atoms with E-state index in [9.17, 15) is 0 Å². The van der Waals surface area contributed by atoms with Gasteiger partial charge in [-0.2, -0.15) is 0 Å². The van der Waals surface area contributed by atoms with Crippen LogP contribution in [0.2, 0.25) is 0 Å². The molecule has 0 heterocycles. The Hall–Kier alpha value is -3.64. The molecule has 0 unspecified atom stereocenters. The number of fused-ring (bicyclic) bond motifs is 3. The summed E-state index contributed by atoms with van der Waals surface area (Å²) in [7, 11) is 0. The summed E-state index contributed by atoms with van der Waals surface area (Å²) in [5.74, 6) is 0. The van der Waals surface area contributed by atoms with Gasteiger partial charge in [0.15, 0.2) is 0 Å². The van der Waals surface area contributed by atoms with Crippen molar-refractivity contribution in [3.63, 3.8) is 0 Å². The maximum absolute atomic E-state index is 3.94. The minimum Gasteiger partial charge on any atom is -0.0985 e. The van der Waals surface area contributed by atoms with Crippen molar-refractivity contribution in [3.8, 4) is 33.4 Å². The molecule has 0 aliphatic heterocycles. The van der Waals surface area contributed by atoms with E-state index in [-0.39, 0.29) is 5.41 Å². The zero-order valence-corrected chi connectivity index (χ0v) is 25.2. The number of benzene rings is 4. The fourth-order valence-electron chi connectivity index (χ4n) is 6.85. The highest BCUT2D eigenvalue weighted by molar-refractivity contribution is 5.86. The monoisotopic (exact) mass is 538 g/mol. The van der Waals surface area contributed by atoms with Gasteiger partial charge in [-0.25, -0.2) is 0 Å². The number of hydrogen-bond acceptors (Lipinski definition) is 0. The standard InChI is InChI=1S/C41H46/c1-5-9-11-13-27-41(28-14-12-10-6-2)39-29-35(33-19-15-31(7-3)16-20-33)23-25-37(39)38-26-24-36(30-40(38)41)34-21-17-32(8-4)18-22-34/h7-8,15-26,29-30H,3-6,9-14,27-28H2,1-2H3. The molecule has 1 aliphatic carbocycles. The number of rotatable bonds is 14. The van der Waals surface area contributed by atoms with Gasteiger partial charge in [0.25, 0.3) is 0 Å². The molecule has 1 aliphatic rings. The van der Waals surface area contributed by atoms with E-state index in [4.69, 9.17) is 0 Å². The summed E-state index contributed by atoms with van der Waals surface area (Å²) in [5, 5.41) is 0. The Morgan fingerprint density at radius 3 is 1.24 bits per heavy atom. The molecule has 4 aromatic rings. The van der Waals surface area contributed by atoms with E-state index < -0.39 is 0 Å². The molecule has 4 aromatic carbocycles. The lowest BCUT2D eigenvalue weighted by Gasteiger charge is -2.33. The van der Waals surface area contributed by atoms with Crippen LogP contribution in [-0.2, 0) is 5.41 Å². The van der Waals surface area contributed by atoms with E-state index in [0.717, 1.165) is 11.1 Å². The third-order valence-electron chi connectivity index (χ3n) is 9.23. The maximum atomic E-state index is 3.94. The van der Waals surface area contributed by atoms with Crippen molar-refractivity contribution in [1.82, 2.24) is 0 Å². The molecule has 210 valence electrons. The lowest BCUT2D eigenvalue weighted by Crippen LogP contribution is -2.25. The van der Waals surface area contributed by atoms with E-state index in [0.29, 0.717) is 0 Å². The van der Waals surface area contributed by atoms with Crippen molar-refractivity contribution in [2.75, 3.05) is 0 Å². The molecule has 0 heteroatoms. The summed E-state index contributed by atoms with van der Waals surface area (Å²) in [6.07, 6.45) is 16.6. The SMILES string of the molecule is C=Cc1ccc(-c2ccc3c(c2)C(CCCCCC)(CCCCCC)c2cc(-c4ccc(C=C)cc4)ccc2-3)cc1. The van der Waals surface area contributed by atoms with Crippen LogP contribution in [-0.4, -0.2) is 0 Å². The van der Waals surface area contributed by atoms with Gasteiger partial charge < -0.3 is 0 Å². The van der Waals surface area contributed by atoms with Crippen LogP contribution in [0, 0.1) is 0 Å². The first-order chi connectivity index (χ1) is 20.1. The van der Waals surface area contributed by atoms with E-state index in [1.54, 1.807) is 11.1 Å². The van der Waals surface area contributed by atoms with Crippen molar-refractivity contribution in [3.05, 3.63) is 120 Å². The zero-order valence-electron chi connectivity index (χ0n) is 25.2. The van der Waals surface area contributed by atoms with E-state index in [2.05, 4.69) is 112 Å². The van der Waals surface area contributed by atoms with Gasteiger partial charge in [0.1, 0.15) is 0 Å². The fourth-order valence-corrected chi connectivity index (χ4v) is 6.85. The summed E-state index contributed by atoms with van der Waals surface area (Å²) in [6, 6.07) is 32.2. The van der Waals surface area contributed by atoms with Crippen LogP contribution in [0.3, 0.4) is 0 Å². The van der Waals surface area contributed by atoms with Crippen LogP contribution in [0.1, 0.15) is 100 Å². The van der Waals surface area contributed by atoms with Crippen LogP contribution in [0.15, 0.2) is 98.1 Å². The van der Waals surface area contributed by atoms with E-state index in [1.807, 2.05) is 12.2 Å². The molecule has 0 bridgehead atoms. The average molecular weight is 539 g/mol. The predicted molar refractivity (Wildman–Crippen MR) is 181 cm³/mol. The topological polar surface area (TPSA) is 0 Å². The summed E-state index contributed by atoms with van der Waals surface area (Å²) in [6.45, 7) is 12.5. The lowest BCUT2D eigenvalue weighted by molar-refractivity contribution is 0.401. The first kappa shape index (κ1) is 28.9.